The number of nitrogens with zero attached hydrogens (tertiary/aromatic N) is 1. The molecule has 2 saturated carbocycles. The predicted octanol–water partition coefficient (Wildman–Crippen LogP) is 7.84. The maximum absolute atomic E-state index is 16.1. The molecule has 1 aromatic heterocycles. The van der Waals surface area contributed by atoms with Crippen LogP contribution in [0.25, 0.3) is 0 Å². The average Bonchev–Trinajstić information content (AvgIpc) is 3.44. The van der Waals surface area contributed by atoms with Crippen LogP contribution in [0.1, 0.15) is 95.6 Å². The third-order valence-electron chi connectivity index (χ3n) is 11.1. The molecule has 0 bridgehead atoms. The molecule has 1 saturated heterocycles. The number of nitrogens with one attached hydrogen (secondary N) is 1. The summed E-state index contributed by atoms with van der Waals surface area (Å²) in [4.78, 5) is 45.2. The standard InChI is InChI=1S/C34H39Cl2FN2O4/c1-4-25(40)27-8-5-19(18-43-27)15-26(41)22-17-33(12-10-32(2,3)11-13-33)34(28(22)21-9-14-38-30(36)29(21)37)23-7-6-20(35)16-24(23)39-31(34)42/h6-7,9,14,16,19,22,27-28H,4-5,8,10-13,15,17-18H2,1-3H3,(H,39,42)/t19-,22-,27-,28-,34+/m0/s1. The Kier molecular flexibility index (Phi) is 8.00. The maximum atomic E-state index is 16.1. The van der Waals surface area contributed by atoms with Gasteiger partial charge in [-0.2, -0.15) is 0 Å². The van der Waals surface area contributed by atoms with E-state index in [2.05, 4.69) is 24.1 Å². The van der Waals surface area contributed by atoms with Crippen molar-refractivity contribution in [3.63, 3.8) is 0 Å². The molecule has 6 nitrogen and oxygen atoms in total. The van der Waals surface area contributed by atoms with Gasteiger partial charge in [0.2, 0.25) is 5.91 Å². The molecule has 43 heavy (non-hydrogen) atoms. The Morgan fingerprint density at radius 2 is 1.84 bits per heavy atom. The highest BCUT2D eigenvalue weighted by molar-refractivity contribution is 6.31. The second kappa shape index (κ2) is 11.2. The second-order valence-electron chi connectivity index (χ2n) is 13.9. The summed E-state index contributed by atoms with van der Waals surface area (Å²) in [6.07, 6.45) is 6.76. The number of aromatic nitrogens is 1. The van der Waals surface area contributed by atoms with Crippen molar-refractivity contribution in [2.75, 3.05) is 11.9 Å². The minimum absolute atomic E-state index is 0.00231. The van der Waals surface area contributed by atoms with E-state index >= 15 is 4.39 Å². The number of hydrogen-bond acceptors (Lipinski definition) is 5. The van der Waals surface area contributed by atoms with E-state index in [-0.39, 0.29) is 45.9 Å². The molecule has 2 spiro atoms. The first kappa shape index (κ1) is 30.7. The van der Waals surface area contributed by atoms with Crippen LogP contribution in [0.4, 0.5) is 10.1 Å². The number of halogens is 3. The number of benzene rings is 1. The van der Waals surface area contributed by atoms with E-state index in [1.54, 1.807) is 18.2 Å². The summed E-state index contributed by atoms with van der Waals surface area (Å²) in [7, 11) is 0. The molecule has 3 fully saturated rings. The molecule has 2 aromatic rings. The van der Waals surface area contributed by atoms with Gasteiger partial charge in [-0.3, -0.25) is 14.4 Å². The normalized spacial score (nSPS) is 30.8. The Morgan fingerprint density at radius 3 is 2.51 bits per heavy atom. The van der Waals surface area contributed by atoms with Crippen molar-refractivity contribution in [2.45, 2.75) is 96.0 Å². The van der Waals surface area contributed by atoms with E-state index in [1.807, 2.05) is 13.0 Å². The van der Waals surface area contributed by atoms with Gasteiger partial charge in [-0.05, 0) is 91.0 Å². The zero-order valence-corrected chi connectivity index (χ0v) is 26.5. The van der Waals surface area contributed by atoms with Gasteiger partial charge in [-0.25, -0.2) is 9.37 Å². The van der Waals surface area contributed by atoms with Gasteiger partial charge in [0.25, 0.3) is 0 Å². The van der Waals surface area contributed by atoms with Gasteiger partial charge in [-0.1, -0.05) is 50.0 Å². The Labute approximate surface area is 262 Å². The number of pyridine rings is 1. The largest absolute Gasteiger partial charge is 0.370 e. The van der Waals surface area contributed by atoms with Crippen LogP contribution in [-0.4, -0.2) is 35.2 Å². The third kappa shape index (κ3) is 4.94. The molecule has 1 aromatic carbocycles. The fraction of sp³-hybridized carbons (Fsp3) is 0.588. The summed E-state index contributed by atoms with van der Waals surface area (Å²) in [6, 6.07) is 7.00. The molecule has 230 valence electrons. The lowest BCUT2D eigenvalue weighted by molar-refractivity contribution is -0.136. The van der Waals surface area contributed by atoms with E-state index in [0.717, 1.165) is 31.2 Å². The topological polar surface area (TPSA) is 85.4 Å². The van der Waals surface area contributed by atoms with Gasteiger partial charge in [0, 0.05) is 41.6 Å². The van der Waals surface area contributed by atoms with E-state index in [0.29, 0.717) is 43.0 Å². The Bertz CT molecular complexity index is 1460. The number of fused-ring (bicyclic) bond motifs is 3. The summed E-state index contributed by atoms with van der Waals surface area (Å²) < 4.78 is 22.0. The first-order chi connectivity index (χ1) is 20.4. The molecule has 2 aliphatic carbocycles. The van der Waals surface area contributed by atoms with E-state index in [4.69, 9.17) is 27.9 Å². The van der Waals surface area contributed by atoms with Crippen molar-refractivity contribution in [3.8, 4) is 0 Å². The van der Waals surface area contributed by atoms with Crippen LogP contribution in [-0.2, 0) is 24.5 Å². The monoisotopic (exact) mass is 628 g/mol. The molecule has 4 aliphatic rings. The molecule has 1 N–H and O–H groups in total. The van der Waals surface area contributed by atoms with E-state index in [1.165, 1.54) is 6.20 Å². The number of Topliss-reactive ketones (excluding diaryl/α,β-unsaturated/α-hetero) is 2. The molecule has 9 heteroatoms. The molecule has 5 atom stereocenters. The zero-order valence-electron chi connectivity index (χ0n) is 25.0. The maximum Gasteiger partial charge on any atom is 0.236 e. The summed E-state index contributed by atoms with van der Waals surface area (Å²) >= 11 is 12.6. The molecule has 3 heterocycles. The molecular formula is C34H39Cl2FN2O4. The molecule has 6 rings (SSSR count). The number of anilines is 1. The van der Waals surface area contributed by atoms with Gasteiger partial charge in [0.1, 0.15) is 11.9 Å². The van der Waals surface area contributed by atoms with Crippen molar-refractivity contribution in [1.82, 2.24) is 4.98 Å². The summed E-state index contributed by atoms with van der Waals surface area (Å²) in [6.45, 7) is 6.65. The Balaban J connectivity index is 1.46. The lowest BCUT2D eigenvalue weighted by Crippen LogP contribution is -2.52. The molecule has 0 unspecified atom stereocenters. The fourth-order valence-corrected chi connectivity index (χ4v) is 9.12. The SMILES string of the molecule is CCC(=O)[C@@H]1CC[C@@H](CC(=O)[C@@H]2CC3(CCC(C)(C)CC3)[C@@]3(C(=O)Nc4cc(Cl)ccc43)[C@H]2c2ccnc(Cl)c2F)CO1. The summed E-state index contributed by atoms with van der Waals surface area (Å²) in [5.41, 5.74) is -0.00767. The van der Waals surface area contributed by atoms with Gasteiger partial charge < -0.3 is 10.1 Å². The van der Waals surface area contributed by atoms with Crippen molar-refractivity contribution < 1.29 is 23.5 Å². The molecule has 1 amide bonds. The van der Waals surface area contributed by atoms with Crippen molar-refractivity contribution in [1.29, 1.82) is 0 Å². The molecular weight excluding hydrogens is 590 g/mol. The number of rotatable bonds is 6. The van der Waals surface area contributed by atoms with Crippen LogP contribution in [0.15, 0.2) is 30.5 Å². The first-order valence-electron chi connectivity index (χ1n) is 15.5. The van der Waals surface area contributed by atoms with Crippen molar-refractivity contribution in [3.05, 3.63) is 57.6 Å². The lowest BCUT2D eigenvalue weighted by atomic mass is 9.51. The van der Waals surface area contributed by atoms with Crippen LogP contribution >= 0.6 is 23.2 Å². The second-order valence-corrected chi connectivity index (χ2v) is 14.7. The van der Waals surface area contributed by atoms with Gasteiger partial charge in [0.15, 0.2) is 16.8 Å². The van der Waals surface area contributed by atoms with Crippen molar-refractivity contribution in [2.24, 2.45) is 22.7 Å². The van der Waals surface area contributed by atoms with Crippen LogP contribution in [0.2, 0.25) is 10.2 Å². The quantitative estimate of drug-likeness (QED) is 0.329. The molecule has 2 aliphatic heterocycles. The number of hydrogen-bond donors (Lipinski definition) is 1. The Morgan fingerprint density at radius 1 is 1.09 bits per heavy atom. The number of ether oxygens (including phenoxy) is 1. The Hall–Kier alpha value is -2.35. The van der Waals surface area contributed by atoms with E-state index in [9.17, 15) is 14.4 Å². The zero-order chi connectivity index (χ0) is 30.7. The van der Waals surface area contributed by atoms with Crippen molar-refractivity contribution >= 4 is 46.4 Å². The van der Waals surface area contributed by atoms with E-state index < -0.39 is 34.6 Å². The number of carbonyl (C=O) groups is 3. The van der Waals surface area contributed by atoms with Gasteiger partial charge >= 0.3 is 0 Å². The smallest absolute Gasteiger partial charge is 0.236 e. The third-order valence-corrected chi connectivity index (χ3v) is 11.6. The van der Waals surface area contributed by atoms with Crippen LogP contribution < -0.4 is 5.32 Å². The number of ketones is 2. The minimum Gasteiger partial charge on any atom is -0.370 e. The number of amides is 1. The van der Waals surface area contributed by atoms with Crippen LogP contribution in [0, 0.1) is 28.5 Å². The van der Waals surface area contributed by atoms with Crippen LogP contribution in [0.5, 0.6) is 0 Å². The van der Waals surface area contributed by atoms with Crippen LogP contribution in [0.3, 0.4) is 0 Å². The summed E-state index contributed by atoms with van der Waals surface area (Å²) in [5, 5.41) is 3.32. The highest BCUT2D eigenvalue weighted by Crippen LogP contribution is 2.72. The fourth-order valence-electron chi connectivity index (χ4n) is 8.78. The lowest BCUT2D eigenvalue weighted by Gasteiger charge is -2.51. The average molecular weight is 630 g/mol. The van der Waals surface area contributed by atoms with Gasteiger partial charge in [-0.15, -0.1) is 0 Å². The summed E-state index contributed by atoms with van der Waals surface area (Å²) in [5.74, 6) is -2.24. The minimum atomic E-state index is -1.18. The highest BCUT2D eigenvalue weighted by Gasteiger charge is 2.72. The van der Waals surface area contributed by atoms with Gasteiger partial charge in [0.05, 0.1) is 12.0 Å². The predicted molar refractivity (Wildman–Crippen MR) is 164 cm³/mol. The number of carbonyl (C=O) groups excluding carboxylic acids is 3. The molecule has 0 radical (unpaired) electrons. The first-order valence-corrected chi connectivity index (χ1v) is 16.3. The highest BCUT2D eigenvalue weighted by atomic mass is 35.5.